The summed E-state index contributed by atoms with van der Waals surface area (Å²) in [7, 11) is -10.3. The third-order valence-electron chi connectivity index (χ3n) is 0.347. The molecule has 0 aliphatic heterocycles. The molecule has 0 spiro atoms. The van der Waals surface area contributed by atoms with Gasteiger partial charge in [-0.25, -0.2) is 4.79 Å². The molecule has 0 saturated carbocycles. The van der Waals surface area contributed by atoms with Crippen molar-refractivity contribution < 1.29 is 85.4 Å². The third-order valence-corrected chi connectivity index (χ3v) is 1.04. The minimum absolute atomic E-state index is 0. The molecule has 9 nitrogen and oxygen atoms in total. The van der Waals surface area contributed by atoms with Gasteiger partial charge in [-0.3, -0.25) is 17.5 Å². The van der Waals surface area contributed by atoms with Gasteiger partial charge in [0.1, 0.15) is 0 Å². The smallest absolute Gasteiger partial charge is 1.00 e. The normalized spacial score (nSPS) is 9.12. The zero-order chi connectivity index (χ0) is 9.99. The van der Waals surface area contributed by atoms with Crippen LogP contribution in [0.25, 0.3) is 0 Å². The Kier molecular flexibility index (Phi) is 25.1. The quantitative estimate of drug-likeness (QED) is 0.374. The van der Waals surface area contributed by atoms with Gasteiger partial charge >= 0.3 is 140 Å². The van der Waals surface area contributed by atoms with Crippen LogP contribution in [0.15, 0.2) is 0 Å². The summed E-state index contributed by atoms with van der Waals surface area (Å²) in [5.74, 6) is 0. The largest absolute Gasteiger partial charge is 2.00 e. The summed E-state index contributed by atoms with van der Waals surface area (Å²) in [5.41, 5.74) is 0. The van der Waals surface area contributed by atoms with Crippen LogP contribution in [-0.2, 0) is 29.2 Å². The van der Waals surface area contributed by atoms with Crippen LogP contribution in [0.4, 0.5) is 4.79 Å². The molecule has 0 aromatic heterocycles. The van der Waals surface area contributed by atoms with E-state index in [1.54, 1.807) is 0 Å². The summed E-state index contributed by atoms with van der Waals surface area (Å²) in [5, 5.41) is 0. The van der Waals surface area contributed by atoms with Crippen LogP contribution in [0.1, 0.15) is 8.56 Å². The average molecular weight is 322 g/mol. The molecule has 0 aromatic carbocycles. The van der Waals surface area contributed by atoms with Crippen molar-refractivity contribution in [3.05, 3.63) is 0 Å². The second kappa shape index (κ2) is 12.8. The standard InChI is InChI=1S/CH2O9S2.2Ca.2Li.6H/c2-1(9-11(3,4)5)10-12(6,7)8;;;;;;;;;;/h(H,3,4,5)(H,6,7,8);;;;;;;;;;/q;2*+2;2*+1;6*-1. The van der Waals surface area contributed by atoms with E-state index in [-0.39, 0.29) is 122 Å². The average Bonchev–Trinajstić information content (AvgIpc) is 1.49. The zero-order valence-corrected chi connectivity index (χ0v) is 14.5. The fourth-order valence-electron chi connectivity index (χ4n) is 0.186. The van der Waals surface area contributed by atoms with E-state index in [9.17, 15) is 21.6 Å². The maximum atomic E-state index is 9.95. The maximum Gasteiger partial charge on any atom is 2.00 e. The van der Waals surface area contributed by atoms with E-state index >= 15 is 0 Å². The predicted molar refractivity (Wildman–Crippen MR) is 48.8 cm³/mol. The Labute approximate surface area is 185 Å². The van der Waals surface area contributed by atoms with Crippen LogP contribution < -0.4 is 37.7 Å². The first kappa shape index (κ1) is 31.3. The van der Waals surface area contributed by atoms with Crippen molar-refractivity contribution in [2.75, 3.05) is 0 Å². The van der Waals surface area contributed by atoms with E-state index in [4.69, 9.17) is 9.11 Å². The Morgan fingerprint density at radius 3 is 1.19 bits per heavy atom. The summed E-state index contributed by atoms with van der Waals surface area (Å²) in [6.07, 6.45) is -2.29. The van der Waals surface area contributed by atoms with Gasteiger partial charge < -0.3 is 8.56 Å². The van der Waals surface area contributed by atoms with Gasteiger partial charge in [0.15, 0.2) is 0 Å². The Morgan fingerprint density at radius 2 is 1.06 bits per heavy atom. The van der Waals surface area contributed by atoms with Crippen LogP contribution in [0, 0.1) is 0 Å². The summed E-state index contributed by atoms with van der Waals surface area (Å²) in [6.45, 7) is 0. The van der Waals surface area contributed by atoms with Gasteiger partial charge in [0, 0.05) is 0 Å². The molecule has 0 saturated heterocycles. The summed E-state index contributed by atoms with van der Waals surface area (Å²) in [4.78, 5) is 9.95. The predicted octanol–water partition coefficient (Wildman–Crippen LogP) is -7.33. The van der Waals surface area contributed by atoms with Crippen LogP contribution >= 0.6 is 0 Å². The molecule has 15 heteroatoms. The van der Waals surface area contributed by atoms with Gasteiger partial charge in [-0.2, -0.15) is 16.8 Å². The molecule has 0 heterocycles. The molecular formula is CH8Ca2Li2O9S2. The number of hydrogen-bond acceptors (Lipinski definition) is 7. The summed E-state index contributed by atoms with van der Waals surface area (Å²) >= 11 is 0. The molecule has 0 fully saturated rings. The van der Waals surface area contributed by atoms with E-state index in [0.29, 0.717) is 0 Å². The number of rotatable bonds is 2. The van der Waals surface area contributed by atoms with Crippen molar-refractivity contribution in [3.8, 4) is 0 Å². The van der Waals surface area contributed by atoms with Crippen molar-refractivity contribution in [3.63, 3.8) is 0 Å². The van der Waals surface area contributed by atoms with E-state index in [2.05, 4.69) is 8.37 Å². The molecule has 0 bridgehead atoms. The maximum absolute atomic E-state index is 9.95. The first-order valence-electron chi connectivity index (χ1n) is 1.98. The van der Waals surface area contributed by atoms with Gasteiger partial charge in [0.05, 0.1) is 0 Å². The Morgan fingerprint density at radius 1 is 0.875 bits per heavy atom. The minimum atomic E-state index is -5.15. The monoisotopic (exact) mass is 322 g/mol. The van der Waals surface area contributed by atoms with Gasteiger partial charge in [-0.1, -0.05) is 0 Å². The van der Waals surface area contributed by atoms with Crippen molar-refractivity contribution in [2.24, 2.45) is 0 Å². The van der Waals surface area contributed by atoms with Gasteiger partial charge in [-0.05, 0) is 0 Å². The number of carbonyl (C=O) groups excluding carboxylic acids is 1. The second-order valence-corrected chi connectivity index (χ2v) is 3.32. The van der Waals surface area contributed by atoms with E-state index in [1.807, 2.05) is 0 Å². The van der Waals surface area contributed by atoms with Gasteiger partial charge in [0.25, 0.3) is 0 Å². The molecule has 0 radical (unpaired) electrons. The molecule has 0 rings (SSSR count). The summed E-state index contributed by atoms with van der Waals surface area (Å²) in [6, 6.07) is 0. The molecule has 84 valence electrons. The van der Waals surface area contributed by atoms with Gasteiger partial charge in [-0.15, -0.1) is 0 Å². The van der Waals surface area contributed by atoms with Crippen LogP contribution in [0.2, 0.25) is 0 Å². The Bertz CT molecular complexity index is 355. The molecular weight excluding hydrogens is 314 g/mol. The number of hydrogen-bond donors (Lipinski definition) is 2. The minimum Gasteiger partial charge on any atom is -1.00 e. The van der Waals surface area contributed by atoms with E-state index in [1.165, 1.54) is 0 Å². The van der Waals surface area contributed by atoms with Crippen LogP contribution in [0.5, 0.6) is 0 Å². The molecule has 0 aliphatic carbocycles. The van der Waals surface area contributed by atoms with Crippen molar-refractivity contribution >= 4 is 102 Å². The molecule has 0 unspecified atom stereocenters. The second-order valence-electron chi connectivity index (χ2n) is 1.27. The van der Waals surface area contributed by atoms with Crippen LogP contribution in [-0.4, -0.2) is 108 Å². The molecule has 16 heavy (non-hydrogen) atoms. The van der Waals surface area contributed by atoms with Gasteiger partial charge in [0.2, 0.25) is 0 Å². The first-order valence-corrected chi connectivity index (χ1v) is 4.71. The molecule has 2 N–H and O–H groups in total. The Hall–Kier alpha value is 2.80. The van der Waals surface area contributed by atoms with E-state index < -0.39 is 27.0 Å². The topological polar surface area (TPSA) is 144 Å². The van der Waals surface area contributed by atoms with Crippen LogP contribution in [0.3, 0.4) is 0 Å². The molecule has 0 aliphatic rings. The SMILES string of the molecule is O=C(OS(=O)(=O)O)OS(=O)(=O)O.[Ca+2].[Ca+2].[H-].[H-].[H-].[H-].[H-].[H-].[Li+].[Li+]. The first-order chi connectivity index (χ1) is 5.10. The summed E-state index contributed by atoms with van der Waals surface area (Å²) < 4.78 is 60.1. The Balaban J connectivity index is -0.0000000134. The molecule has 0 amide bonds. The molecule has 0 atom stereocenters. The fraction of sp³-hybridized carbons (Fsp3) is 0. The fourth-order valence-corrected chi connectivity index (χ4v) is 0.641. The van der Waals surface area contributed by atoms with Crippen molar-refractivity contribution in [2.45, 2.75) is 0 Å². The van der Waals surface area contributed by atoms with Crippen molar-refractivity contribution in [1.82, 2.24) is 0 Å². The third kappa shape index (κ3) is 25.6. The zero-order valence-electron chi connectivity index (χ0n) is 14.5. The molecule has 0 aromatic rings. The van der Waals surface area contributed by atoms with E-state index in [0.717, 1.165) is 0 Å². The van der Waals surface area contributed by atoms with Crippen molar-refractivity contribution in [1.29, 1.82) is 0 Å². The number of carbonyl (C=O) groups is 1.